The van der Waals surface area contributed by atoms with E-state index in [-0.39, 0.29) is 23.5 Å². The van der Waals surface area contributed by atoms with Gasteiger partial charge in [0.25, 0.3) is 0 Å². The highest BCUT2D eigenvalue weighted by molar-refractivity contribution is 6.18. The van der Waals surface area contributed by atoms with E-state index in [2.05, 4.69) is 9.97 Å². The summed E-state index contributed by atoms with van der Waals surface area (Å²) in [6.45, 7) is 1.62. The summed E-state index contributed by atoms with van der Waals surface area (Å²) in [5.74, 6) is -0.915. The second-order valence-corrected chi connectivity index (χ2v) is 6.61. The lowest BCUT2D eigenvalue weighted by Crippen LogP contribution is -2.10. The van der Waals surface area contributed by atoms with E-state index in [1.54, 1.807) is 29.7 Å². The molecule has 4 aromatic heterocycles. The van der Waals surface area contributed by atoms with Crippen LogP contribution in [0.1, 0.15) is 11.3 Å². The smallest absolute Gasteiger partial charge is 0.362 e. The Bertz CT molecular complexity index is 1450. The molecule has 0 bridgehead atoms. The minimum absolute atomic E-state index is 0.0360. The van der Waals surface area contributed by atoms with Crippen LogP contribution in [0.25, 0.3) is 32.9 Å². The van der Waals surface area contributed by atoms with Gasteiger partial charge in [-0.3, -0.25) is 4.98 Å². The van der Waals surface area contributed by atoms with Gasteiger partial charge < -0.3 is 8.98 Å². The van der Waals surface area contributed by atoms with E-state index in [4.69, 9.17) is 4.42 Å². The van der Waals surface area contributed by atoms with Crippen LogP contribution in [-0.4, -0.2) is 14.5 Å². The Labute approximate surface area is 156 Å². The first kappa shape index (κ1) is 16.6. The molecule has 0 spiro atoms. The Kier molecular flexibility index (Phi) is 3.52. The quantitative estimate of drug-likeness (QED) is 0.460. The molecule has 0 amide bonds. The van der Waals surface area contributed by atoms with Crippen LogP contribution in [0.4, 0.5) is 8.78 Å². The third-order valence-electron chi connectivity index (χ3n) is 4.91. The van der Waals surface area contributed by atoms with E-state index in [9.17, 15) is 13.6 Å². The Morgan fingerprint density at radius 3 is 2.64 bits per heavy atom. The third-order valence-corrected chi connectivity index (χ3v) is 4.91. The van der Waals surface area contributed by atoms with Gasteiger partial charge >= 0.3 is 5.63 Å². The van der Waals surface area contributed by atoms with Gasteiger partial charge in [0.15, 0.2) is 0 Å². The highest BCUT2D eigenvalue weighted by atomic mass is 19.1. The zero-order valence-corrected chi connectivity index (χ0v) is 14.7. The second kappa shape index (κ2) is 5.95. The molecule has 0 atom stereocenters. The predicted octanol–water partition coefficient (Wildman–Crippen LogP) is 4.33. The van der Waals surface area contributed by atoms with E-state index >= 15 is 0 Å². The van der Waals surface area contributed by atoms with Gasteiger partial charge in [-0.15, -0.1) is 0 Å². The molecule has 0 aliphatic heterocycles. The lowest BCUT2D eigenvalue weighted by molar-refractivity contribution is 0.551. The van der Waals surface area contributed by atoms with E-state index in [0.717, 1.165) is 0 Å². The number of aromatic nitrogens is 3. The lowest BCUT2D eigenvalue weighted by atomic mass is 10.1. The molecule has 0 aliphatic carbocycles. The van der Waals surface area contributed by atoms with Crippen LogP contribution >= 0.6 is 0 Å². The van der Waals surface area contributed by atoms with Crippen molar-refractivity contribution < 1.29 is 13.2 Å². The first-order valence-corrected chi connectivity index (χ1v) is 8.64. The third kappa shape index (κ3) is 2.32. The first-order chi connectivity index (χ1) is 13.5. The van der Waals surface area contributed by atoms with E-state index < -0.39 is 17.3 Å². The average Bonchev–Trinajstić information content (AvgIpc) is 2.98. The van der Waals surface area contributed by atoms with Gasteiger partial charge in [0.05, 0.1) is 17.8 Å². The molecule has 4 heterocycles. The van der Waals surface area contributed by atoms with E-state index in [1.165, 1.54) is 30.6 Å². The summed E-state index contributed by atoms with van der Waals surface area (Å²) in [5, 5.41) is 1.92. The number of benzene rings is 1. The van der Waals surface area contributed by atoms with Gasteiger partial charge in [-0.2, -0.15) is 0 Å². The molecule has 7 heteroatoms. The summed E-state index contributed by atoms with van der Waals surface area (Å²) in [7, 11) is 0. The standard InChI is InChI=1S/C21H13F2N3O2/c1-11-8-13-17(9-15(11)23)26(10-16-14(22)5-3-6-24-16)19-18(13)12-4-2-7-25-20(12)28-21(19)27/h2-9H,10H2,1H3. The van der Waals surface area contributed by atoms with Gasteiger partial charge in [-0.1, -0.05) is 0 Å². The van der Waals surface area contributed by atoms with Crippen LogP contribution in [0, 0.1) is 18.6 Å². The summed E-state index contributed by atoms with van der Waals surface area (Å²) >= 11 is 0. The minimum Gasteiger partial charge on any atom is -0.402 e. The van der Waals surface area contributed by atoms with Crippen LogP contribution in [0.3, 0.4) is 0 Å². The molecule has 0 saturated carbocycles. The van der Waals surface area contributed by atoms with Crippen LogP contribution in [-0.2, 0) is 6.54 Å². The van der Waals surface area contributed by atoms with Crippen molar-refractivity contribution in [3.8, 4) is 0 Å². The molecule has 0 N–H and O–H groups in total. The summed E-state index contributed by atoms with van der Waals surface area (Å²) in [4.78, 5) is 21.0. The maximum atomic E-state index is 14.4. The molecule has 5 nitrogen and oxygen atoms in total. The fraction of sp³-hybridized carbons (Fsp3) is 0.0952. The van der Waals surface area contributed by atoms with Crippen molar-refractivity contribution >= 4 is 32.9 Å². The van der Waals surface area contributed by atoms with Crippen molar-refractivity contribution in [1.29, 1.82) is 0 Å². The molecule has 0 unspecified atom stereocenters. The Morgan fingerprint density at radius 1 is 1.04 bits per heavy atom. The fourth-order valence-electron chi connectivity index (χ4n) is 3.61. The molecule has 5 rings (SSSR count). The summed E-state index contributed by atoms with van der Waals surface area (Å²) < 4.78 is 35.5. The van der Waals surface area contributed by atoms with Crippen LogP contribution < -0.4 is 5.63 Å². The Balaban J connectivity index is 1.98. The van der Waals surface area contributed by atoms with Gasteiger partial charge in [-0.25, -0.2) is 18.6 Å². The van der Waals surface area contributed by atoms with Gasteiger partial charge in [0.1, 0.15) is 17.2 Å². The molecular weight excluding hydrogens is 364 g/mol. The maximum absolute atomic E-state index is 14.4. The molecule has 5 aromatic rings. The molecule has 0 aliphatic rings. The number of hydrogen-bond acceptors (Lipinski definition) is 4. The van der Waals surface area contributed by atoms with Gasteiger partial charge in [0, 0.05) is 28.6 Å². The Hall–Kier alpha value is -3.61. The van der Waals surface area contributed by atoms with Crippen LogP contribution in [0.15, 0.2) is 58.0 Å². The number of fused-ring (bicyclic) bond motifs is 5. The molecule has 0 radical (unpaired) electrons. The minimum atomic E-state index is -0.619. The highest BCUT2D eigenvalue weighted by Crippen LogP contribution is 2.34. The van der Waals surface area contributed by atoms with Crippen LogP contribution in [0.5, 0.6) is 0 Å². The van der Waals surface area contributed by atoms with E-state index in [1.807, 2.05) is 0 Å². The van der Waals surface area contributed by atoms with Gasteiger partial charge in [0.2, 0.25) is 5.71 Å². The fourth-order valence-corrected chi connectivity index (χ4v) is 3.61. The number of pyridine rings is 2. The van der Waals surface area contributed by atoms with E-state index in [0.29, 0.717) is 27.2 Å². The molecule has 138 valence electrons. The topological polar surface area (TPSA) is 60.9 Å². The molecule has 28 heavy (non-hydrogen) atoms. The van der Waals surface area contributed by atoms with Crippen molar-refractivity contribution in [3.63, 3.8) is 0 Å². The largest absolute Gasteiger partial charge is 0.402 e. The van der Waals surface area contributed by atoms with Crippen LogP contribution in [0.2, 0.25) is 0 Å². The number of rotatable bonds is 2. The molecule has 1 aromatic carbocycles. The first-order valence-electron chi connectivity index (χ1n) is 8.64. The zero-order chi connectivity index (χ0) is 19.4. The van der Waals surface area contributed by atoms with Crippen molar-refractivity contribution in [2.24, 2.45) is 0 Å². The SMILES string of the molecule is Cc1cc2c3c4cccnc4oc(=O)c3n(Cc3ncccc3F)c2cc1F. The summed E-state index contributed by atoms with van der Waals surface area (Å²) in [6.07, 6.45) is 3.00. The summed E-state index contributed by atoms with van der Waals surface area (Å²) in [5.41, 5.74) is 0.864. The summed E-state index contributed by atoms with van der Waals surface area (Å²) in [6, 6.07) is 9.35. The number of hydrogen-bond donors (Lipinski definition) is 0. The van der Waals surface area contributed by atoms with Crippen molar-refractivity contribution in [2.75, 3.05) is 0 Å². The van der Waals surface area contributed by atoms with Crippen molar-refractivity contribution in [3.05, 3.63) is 82.1 Å². The number of aryl methyl sites for hydroxylation is 1. The second-order valence-electron chi connectivity index (χ2n) is 6.61. The normalized spacial score (nSPS) is 11.7. The zero-order valence-electron chi connectivity index (χ0n) is 14.7. The molecule has 0 fully saturated rings. The predicted molar refractivity (Wildman–Crippen MR) is 101 cm³/mol. The lowest BCUT2D eigenvalue weighted by Gasteiger charge is -2.07. The monoisotopic (exact) mass is 377 g/mol. The number of nitrogens with zero attached hydrogens (tertiary/aromatic N) is 3. The van der Waals surface area contributed by atoms with Crippen molar-refractivity contribution in [2.45, 2.75) is 13.5 Å². The molecular formula is C21H13F2N3O2. The average molecular weight is 377 g/mol. The van der Waals surface area contributed by atoms with Crippen molar-refractivity contribution in [1.82, 2.24) is 14.5 Å². The maximum Gasteiger partial charge on any atom is 0.362 e. The highest BCUT2D eigenvalue weighted by Gasteiger charge is 2.21. The molecule has 0 saturated heterocycles. The Morgan fingerprint density at radius 2 is 1.82 bits per heavy atom. The van der Waals surface area contributed by atoms with Gasteiger partial charge in [-0.05, 0) is 48.9 Å². The number of halogens is 2.